The van der Waals surface area contributed by atoms with E-state index >= 15 is 0 Å². The zero-order chi connectivity index (χ0) is 20.7. The highest BCUT2D eigenvalue weighted by atomic mass is 31.2. The van der Waals surface area contributed by atoms with Crippen LogP contribution >= 0.6 is 22.8 Å². The van der Waals surface area contributed by atoms with Crippen molar-refractivity contribution in [1.82, 2.24) is 0 Å². The maximum atomic E-state index is 12.6. The Hall–Kier alpha value is -0.330. The Kier molecular flexibility index (Phi) is 9.56. The Bertz CT molecular complexity index is 741. The van der Waals surface area contributed by atoms with E-state index in [4.69, 9.17) is 27.1 Å². The summed E-state index contributed by atoms with van der Waals surface area (Å²) in [6.07, 6.45) is -0.0834. The maximum Gasteiger partial charge on any atom is 0.334 e. The molecule has 0 aliphatic rings. The molecule has 0 heterocycles. The summed E-state index contributed by atoms with van der Waals surface area (Å²) in [4.78, 5) is 0. The topological polar surface area (TPSA) is 107 Å². The lowest BCUT2D eigenvalue weighted by Crippen LogP contribution is -2.03. The van der Waals surface area contributed by atoms with Gasteiger partial charge in [0.05, 0.1) is 18.5 Å². The van der Waals surface area contributed by atoms with E-state index in [9.17, 15) is 13.7 Å². The minimum absolute atomic E-state index is 0.0176. The van der Waals surface area contributed by atoms with Crippen molar-refractivity contribution < 1.29 is 40.8 Å². The summed E-state index contributed by atoms with van der Waals surface area (Å²) in [5.74, 6) is 0. The predicted molar refractivity (Wildman–Crippen MR) is 102 cm³/mol. The number of hydrogen-bond acceptors (Lipinski definition) is 9. The minimum atomic E-state index is -3.40. The van der Waals surface area contributed by atoms with Crippen LogP contribution in [0, 0.1) is 0 Å². The molecule has 1 rings (SSSR count). The molecule has 0 amide bonds. The fourth-order valence-electron chi connectivity index (χ4n) is 2.33. The molecule has 12 heteroatoms. The molecule has 0 N–H and O–H groups in total. The molecule has 0 aliphatic heterocycles. The average molecular weight is 444 g/mol. The minimum Gasteiger partial charge on any atom is -0.312 e. The maximum absolute atomic E-state index is 12.6. The third kappa shape index (κ3) is 6.90. The molecule has 1 aromatic rings. The SMILES string of the molecule is COP(=O)(Cc1ccc(CP(=O)(OC)OC)c(CP(=O)(OC)OC)c1)OC. The zero-order valence-corrected chi connectivity index (χ0v) is 19.1. The molecule has 0 fully saturated rings. The van der Waals surface area contributed by atoms with Gasteiger partial charge in [-0.25, -0.2) is 0 Å². The third-order valence-electron chi connectivity index (χ3n) is 4.04. The van der Waals surface area contributed by atoms with Crippen LogP contribution in [0.5, 0.6) is 0 Å². The van der Waals surface area contributed by atoms with Crippen LogP contribution < -0.4 is 0 Å². The second-order valence-electron chi connectivity index (χ2n) is 5.51. The Morgan fingerprint density at radius 2 is 0.963 bits per heavy atom. The normalized spacial score (nSPS) is 13.1. The molecule has 0 aromatic heterocycles. The summed E-state index contributed by atoms with van der Waals surface area (Å²) in [6, 6.07) is 5.06. The van der Waals surface area contributed by atoms with E-state index in [0.29, 0.717) is 16.7 Å². The number of hydrogen-bond donors (Lipinski definition) is 0. The van der Waals surface area contributed by atoms with E-state index in [1.165, 1.54) is 42.7 Å². The molecule has 9 nitrogen and oxygen atoms in total. The molecule has 0 spiro atoms. The smallest absolute Gasteiger partial charge is 0.312 e. The van der Waals surface area contributed by atoms with Gasteiger partial charge in [-0.1, -0.05) is 18.2 Å². The lowest BCUT2D eigenvalue weighted by atomic mass is 10.1. The van der Waals surface area contributed by atoms with Gasteiger partial charge in [-0.15, -0.1) is 0 Å². The first-order valence-electron chi connectivity index (χ1n) is 7.84. The molecule has 1 aromatic carbocycles. The molecule has 0 saturated heterocycles. The largest absolute Gasteiger partial charge is 0.334 e. The van der Waals surface area contributed by atoms with Crippen molar-refractivity contribution in [2.24, 2.45) is 0 Å². The number of benzene rings is 1. The van der Waals surface area contributed by atoms with Crippen LogP contribution in [0.15, 0.2) is 18.2 Å². The molecule has 0 saturated carbocycles. The Labute approximate surface area is 160 Å². The van der Waals surface area contributed by atoms with Crippen molar-refractivity contribution in [1.29, 1.82) is 0 Å². The third-order valence-corrected chi connectivity index (χ3v) is 9.59. The highest BCUT2D eigenvalue weighted by molar-refractivity contribution is 7.53. The van der Waals surface area contributed by atoms with Crippen molar-refractivity contribution in [2.45, 2.75) is 18.5 Å². The first kappa shape index (κ1) is 24.7. The molecule has 0 bridgehead atoms. The fraction of sp³-hybridized carbons (Fsp3) is 0.600. The van der Waals surface area contributed by atoms with E-state index in [-0.39, 0.29) is 18.5 Å². The second-order valence-corrected chi connectivity index (χ2v) is 12.3. The lowest BCUT2D eigenvalue weighted by Gasteiger charge is -2.20. The highest BCUT2D eigenvalue weighted by Crippen LogP contribution is 2.55. The molecule has 0 unspecified atom stereocenters. The van der Waals surface area contributed by atoms with Gasteiger partial charge in [0.2, 0.25) is 0 Å². The molecule has 0 aliphatic carbocycles. The molecule has 0 atom stereocenters. The molecular formula is C15H27O9P3. The van der Waals surface area contributed by atoms with E-state index in [1.807, 2.05) is 0 Å². The lowest BCUT2D eigenvalue weighted by molar-refractivity contribution is 0.272. The van der Waals surface area contributed by atoms with E-state index in [0.717, 1.165) is 0 Å². The highest BCUT2D eigenvalue weighted by Gasteiger charge is 2.29. The monoisotopic (exact) mass is 444 g/mol. The standard InChI is InChI=1S/C15H27O9P3/c1-19-25(16,20-2)10-13-7-8-14(11-26(17,21-3)22-4)15(9-13)12-27(18,23-5)24-6/h7-9H,10-12H2,1-6H3. The summed E-state index contributed by atoms with van der Waals surface area (Å²) in [5.41, 5.74) is 1.77. The van der Waals surface area contributed by atoms with Crippen LogP contribution in [0.25, 0.3) is 0 Å². The van der Waals surface area contributed by atoms with Gasteiger partial charge in [-0.3, -0.25) is 13.7 Å². The molecule has 156 valence electrons. The van der Waals surface area contributed by atoms with Gasteiger partial charge in [0.25, 0.3) is 0 Å². The summed E-state index contributed by atoms with van der Waals surface area (Å²) in [5, 5.41) is 0. The van der Waals surface area contributed by atoms with E-state index < -0.39 is 22.8 Å². The Morgan fingerprint density at radius 1 is 0.593 bits per heavy atom. The van der Waals surface area contributed by atoms with Crippen LogP contribution in [0.2, 0.25) is 0 Å². The van der Waals surface area contributed by atoms with Crippen LogP contribution in [0.4, 0.5) is 0 Å². The van der Waals surface area contributed by atoms with Gasteiger partial charge < -0.3 is 27.1 Å². The average Bonchev–Trinajstić information content (AvgIpc) is 2.69. The van der Waals surface area contributed by atoms with Crippen molar-refractivity contribution in [3.63, 3.8) is 0 Å². The summed E-state index contributed by atoms with van der Waals surface area (Å²) < 4.78 is 67.5. The molecular weight excluding hydrogens is 417 g/mol. The van der Waals surface area contributed by atoms with Crippen LogP contribution in [-0.4, -0.2) is 42.7 Å². The first-order valence-corrected chi connectivity index (χ1v) is 13.0. The van der Waals surface area contributed by atoms with Gasteiger partial charge in [-0.05, 0) is 16.7 Å². The van der Waals surface area contributed by atoms with Gasteiger partial charge in [0.15, 0.2) is 0 Å². The quantitative estimate of drug-likeness (QED) is 0.426. The van der Waals surface area contributed by atoms with Crippen molar-refractivity contribution >= 4 is 22.8 Å². The summed E-state index contributed by atoms with van der Waals surface area (Å²) >= 11 is 0. The molecule has 27 heavy (non-hydrogen) atoms. The van der Waals surface area contributed by atoms with Crippen molar-refractivity contribution in [3.8, 4) is 0 Å². The zero-order valence-electron chi connectivity index (χ0n) is 16.4. The summed E-state index contributed by atoms with van der Waals surface area (Å²) in [7, 11) is -2.29. The first-order chi connectivity index (χ1) is 12.6. The Balaban J connectivity index is 3.36. The van der Waals surface area contributed by atoms with Crippen LogP contribution in [0.3, 0.4) is 0 Å². The predicted octanol–water partition coefficient (Wildman–Crippen LogP) is 4.64. The Morgan fingerprint density at radius 3 is 1.37 bits per heavy atom. The van der Waals surface area contributed by atoms with Gasteiger partial charge in [-0.2, -0.15) is 0 Å². The second kappa shape index (κ2) is 10.4. The van der Waals surface area contributed by atoms with Gasteiger partial charge in [0, 0.05) is 42.7 Å². The summed E-state index contributed by atoms with van der Waals surface area (Å²) in [6.45, 7) is 0. The van der Waals surface area contributed by atoms with Crippen molar-refractivity contribution in [2.75, 3.05) is 42.7 Å². The van der Waals surface area contributed by atoms with Gasteiger partial charge in [0.1, 0.15) is 0 Å². The van der Waals surface area contributed by atoms with E-state index in [1.54, 1.807) is 18.2 Å². The molecule has 0 radical (unpaired) electrons. The number of rotatable bonds is 12. The fourth-order valence-corrected chi connectivity index (χ4v) is 5.63. The van der Waals surface area contributed by atoms with Crippen molar-refractivity contribution in [3.05, 3.63) is 34.9 Å². The van der Waals surface area contributed by atoms with E-state index in [2.05, 4.69) is 0 Å². The van der Waals surface area contributed by atoms with Gasteiger partial charge >= 0.3 is 22.8 Å². The van der Waals surface area contributed by atoms with Crippen LogP contribution in [0.1, 0.15) is 16.7 Å². The van der Waals surface area contributed by atoms with Crippen LogP contribution in [-0.2, 0) is 59.3 Å².